The van der Waals surface area contributed by atoms with Crippen LogP contribution in [0.1, 0.15) is 18.4 Å². The van der Waals surface area contributed by atoms with E-state index >= 15 is 0 Å². The molecule has 1 aliphatic carbocycles. The lowest BCUT2D eigenvalue weighted by Crippen LogP contribution is -2.32. The molecule has 1 amide bonds. The summed E-state index contributed by atoms with van der Waals surface area (Å²) in [5, 5.41) is 9.89. The summed E-state index contributed by atoms with van der Waals surface area (Å²) in [6, 6.07) is 7.63. The van der Waals surface area contributed by atoms with Gasteiger partial charge in [-0.1, -0.05) is 12.1 Å². The Hall–Kier alpha value is -1.55. The lowest BCUT2D eigenvalue weighted by Gasteiger charge is -2.18. The van der Waals surface area contributed by atoms with E-state index in [1.165, 1.54) is 0 Å². The van der Waals surface area contributed by atoms with Gasteiger partial charge in [-0.3, -0.25) is 4.79 Å². The Morgan fingerprint density at radius 1 is 1.30 bits per heavy atom. The van der Waals surface area contributed by atoms with Crippen LogP contribution in [-0.2, 0) is 11.2 Å². The first-order chi connectivity index (χ1) is 9.67. The van der Waals surface area contributed by atoms with Crippen LogP contribution in [0.15, 0.2) is 24.3 Å². The highest BCUT2D eigenvalue weighted by Gasteiger charge is 2.43. The molecule has 1 N–H and O–H groups in total. The third kappa shape index (κ3) is 2.52. The molecule has 1 aromatic carbocycles. The van der Waals surface area contributed by atoms with E-state index in [2.05, 4.69) is 0 Å². The predicted molar refractivity (Wildman–Crippen MR) is 75.5 cm³/mol. The fourth-order valence-corrected chi connectivity index (χ4v) is 3.47. The third-order valence-corrected chi connectivity index (χ3v) is 4.69. The second-order valence-corrected chi connectivity index (χ2v) is 5.89. The lowest BCUT2D eigenvalue weighted by atomic mass is 10.00. The van der Waals surface area contributed by atoms with Crippen LogP contribution in [0.4, 0.5) is 0 Å². The van der Waals surface area contributed by atoms with Crippen molar-refractivity contribution in [3.05, 3.63) is 29.8 Å². The van der Waals surface area contributed by atoms with E-state index in [9.17, 15) is 9.90 Å². The highest BCUT2D eigenvalue weighted by molar-refractivity contribution is 5.79. The largest absolute Gasteiger partial charge is 0.497 e. The molecule has 3 unspecified atom stereocenters. The van der Waals surface area contributed by atoms with E-state index in [1.807, 2.05) is 29.2 Å². The van der Waals surface area contributed by atoms with Crippen LogP contribution in [0.5, 0.6) is 5.75 Å². The van der Waals surface area contributed by atoms with Gasteiger partial charge in [0.15, 0.2) is 0 Å². The van der Waals surface area contributed by atoms with Crippen molar-refractivity contribution in [1.29, 1.82) is 0 Å². The lowest BCUT2D eigenvalue weighted by molar-refractivity contribution is -0.129. The molecule has 3 atom stereocenters. The molecule has 108 valence electrons. The van der Waals surface area contributed by atoms with Crippen molar-refractivity contribution in [2.45, 2.75) is 25.4 Å². The molecule has 1 saturated heterocycles. The Balaban J connectivity index is 1.59. The molecule has 0 bridgehead atoms. The predicted octanol–water partition coefficient (Wildman–Crippen LogP) is 1.47. The molecule has 4 nitrogen and oxygen atoms in total. The van der Waals surface area contributed by atoms with Crippen molar-refractivity contribution in [3.8, 4) is 5.75 Å². The van der Waals surface area contributed by atoms with Gasteiger partial charge in [0.05, 0.1) is 19.6 Å². The highest BCUT2D eigenvalue weighted by atomic mass is 16.5. The Morgan fingerprint density at radius 3 is 2.70 bits per heavy atom. The Labute approximate surface area is 119 Å². The number of aliphatic hydroxyl groups excluding tert-OH is 1. The fourth-order valence-electron chi connectivity index (χ4n) is 3.47. The maximum absolute atomic E-state index is 12.3. The van der Waals surface area contributed by atoms with Crippen molar-refractivity contribution >= 4 is 5.91 Å². The average Bonchev–Trinajstić information content (AvgIpc) is 3.02. The molecule has 0 aromatic heterocycles. The molecular weight excluding hydrogens is 254 g/mol. The molecule has 1 saturated carbocycles. The van der Waals surface area contributed by atoms with Crippen LogP contribution in [-0.4, -0.2) is 42.2 Å². The molecule has 4 heteroatoms. The number of hydrogen-bond acceptors (Lipinski definition) is 3. The van der Waals surface area contributed by atoms with Crippen molar-refractivity contribution in [2.75, 3.05) is 20.2 Å². The fraction of sp³-hybridized carbons (Fsp3) is 0.562. The number of fused-ring (bicyclic) bond motifs is 1. The molecule has 2 aliphatic rings. The summed E-state index contributed by atoms with van der Waals surface area (Å²) in [6.45, 7) is 1.54. The summed E-state index contributed by atoms with van der Waals surface area (Å²) in [6.07, 6.45) is 2.17. The first-order valence-electron chi connectivity index (χ1n) is 7.26. The monoisotopic (exact) mass is 275 g/mol. The minimum absolute atomic E-state index is 0.164. The summed E-state index contributed by atoms with van der Waals surface area (Å²) < 4.78 is 5.11. The van der Waals surface area contributed by atoms with Crippen LogP contribution in [0, 0.1) is 11.8 Å². The van der Waals surface area contributed by atoms with Crippen LogP contribution < -0.4 is 4.74 Å². The van der Waals surface area contributed by atoms with Crippen molar-refractivity contribution < 1.29 is 14.6 Å². The van der Waals surface area contributed by atoms with E-state index in [-0.39, 0.29) is 12.0 Å². The maximum atomic E-state index is 12.3. The van der Waals surface area contributed by atoms with E-state index in [0.29, 0.717) is 18.3 Å². The number of carbonyl (C=O) groups excluding carboxylic acids is 1. The first kappa shape index (κ1) is 13.4. The zero-order valence-corrected chi connectivity index (χ0v) is 11.8. The maximum Gasteiger partial charge on any atom is 0.227 e. The molecule has 20 heavy (non-hydrogen) atoms. The van der Waals surface area contributed by atoms with Gasteiger partial charge in [0.25, 0.3) is 0 Å². The van der Waals surface area contributed by atoms with Gasteiger partial charge in [0.2, 0.25) is 5.91 Å². The zero-order chi connectivity index (χ0) is 14.1. The third-order valence-electron chi connectivity index (χ3n) is 4.69. The van der Waals surface area contributed by atoms with Crippen LogP contribution in [0.25, 0.3) is 0 Å². The Kier molecular flexibility index (Phi) is 3.66. The van der Waals surface area contributed by atoms with Crippen LogP contribution >= 0.6 is 0 Å². The number of benzene rings is 1. The molecule has 2 fully saturated rings. The van der Waals surface area contributed by atoms with E-state index < -0.39 is 0 Å². The number of ether oxygens (including phenoxy) is 1. The number of nitrogens with zero attached hydrogens (tertiary/aromatic N) is 1. The number of hydrogen-bond donors (Lipinski definition) is 1. The van der Waals surface area contributed by atoms with Crippen LogP contribution in [0.3, 0.4) is 0 Å². The van der Waals surface area contributed by atoms with Crippen molar-refractivity contribution in [3.63, 3.8) is 0 Å². The number of amides is 1. The Morgan fingerprint density at radius 2 is 2.05 bits per heavy atom. The summed E-state index contributed by atoms with van der Waals surface area (Å²) in [5.74, 6) is 1.77. The second-order valence-electron chi connectivity index (χ2n) is 5.89. The smallest absolute Gasteiger partial charge is 0.227 e. The molecule has 1 aromatic rings. The number of rotatable bonds is 3. The summed E-state index contributed by atoms with van der Waals surface area (Å²) in [5.41, 5.74) is 1.01. The van der Waals surface area contributed by atoms with Gasteiger partial charge in [-0.25, -0.2) is 0 Å². The van der Waals surface area contributed by atoms with Gasteiger partial charge in [-0.05, 0) is 36.5 Å². The standard InChI is InChI=1S/C16H21NO3/c1-20-13-5-2-11(3-6-13)8-16(19)17-9-12-4-7-15(18)14(12)10-17/h2-3,5-6,12,14-15,18H,4,7-10H2,1H3. The highest BCUT2D eigenvalue weighted by Crippen LogP contribution is 2.38. The number of likely N-dealkylation sites (tertiary alicyclic amines) is 1. The van der Waals surface area contributed by atoms with Gasteiger partial charge >= 0.3 is 0 Å². The van der Waals surface area contributed by atoms with Gasteiger partial charge in [-0.2, -0.15) is 0 Å². The quantitative estimate of drug-likeness (QED) is 0.908. The Bertz CT molecular complexity index is 485. The summed E-state index contributed by atoms with van der Waals surface area (Å²) in [7, 11) is 1.63. The first-order valence-corrected chi connectivity index (χ1v) is 7.26. The number of methoxy groups -OCH3 is 1. The topological polar surface area (TPSA) is 49.8 Å². The SMILES string of the molecule is COc1ccc(CC(=O)N2CC3CCC(O)C3C2)cc1. The average molecular weight is 275 g/mol. The summed E-state index contributed by atoms with van der Waals surface area (Å²) in [4.78, 5) is 14.2. The molecule has 0 spiro atoms. The zero-order valence-electron chi connectivity index (χ0n) is 11.8. The molecule has 3 rings (SSSR count). The van der Waals surface area contributed by atoms with Crippen molar-refractivity contribution in [1.82, 2.24) is 4.90 Å². The van der Waals surface area contributed by atoms with Crippen molar-refractivity contribution in [2.24, 2.45) is 11.8 Å². The molecule has 0 radical (unpaired) electrons. The van der Waals surface area contributed by atoms with E-state index in [0.717, 1.165) is 37.2 Å². The minimum Gasteiger partial charge on any atom is -0.497 e. The van der Waals surface area contributed by atoms with Gasteiger partial charge < -0.3 is 14.7 Å². The molecule has 1 heterocycles. The molecule has 1 aliphatic heterocycles. The minimum atomic E-state index is -0.209. The van der Waals surface area contributed by atoms with Crippen LogP contribution in [0.2, 0.25) is 0 Å². The van der Waals surface area contributed by atoms with Gasteiger partial charge in [0.1, 0.15) is 5.75 Å². The number of carbonyl (C=O) groups is 1. The van der Waals surface area contributed by atoms with E-state index in [4.69, 9.17) is 4.74 Å². The van der Waals surface area contributed by atoms with Gasteiger partial charge in [0, 0.05) is 19.0 Å². The normalized spacial score (nSPS) is 28.5. The number of aliphatic hydroxyl groups is 1. The van der Waals surface area contributed by atoms with Gasteiger partial charge in [-0.15, -0.1) is 0 Å². The molecular formula is C16H21NO3. The second kappa shape index (κ2) is 5.44. The summed E-state index contributed by atoms with van der Waals surface area (Å²) >= 11 is 0. The van der Waals surface area contributed by atoms with E-state index in [1.54, 1.807) is 7.11 Å².